The highest BCUT2D eigenvalue weighted by Crippen LogP contribution is 2.23. The molecule has 152 valence electrons. The minimum Gasteiger partial charge on any atom is -0.467 e. The van der Waals surface area contributed by atoms with E-state index in [0.717, 1.165) is 23.0 Å². The second-order valence-corrected chi connectivity index (χ2v) is 7.04. The number of amides is 1. The molecule has 1 unspecified atom stereocenters. The Labute approximate surface area is 179 Å². The second kappa shape index (κ2) is 9.85. The Bertz CT molecular complexity index is 1060. The van der Waals surface area contributed by atoms with Crippen LogP contribution in [-0.2, 0) is 16.0 Å². The summed E-state index contributed by atoms with van der Waals surface area (Å²) in [5, 5.41) is 3.00. The van der Waals surface area contributed by atoms with Gasteiger partial charge in [0.15, 0.2) is 6.29 Å². The van der Waals surface area contributed by atoms with E-state index in [-0.39, 0.29) is 12.0 Å². The number of nitrogens with one attached hydrogen (secondary N) is 1. The van der Waals surface area contributed by atoms with Crippen molar-refractivity contribution in [2.75, 3.05) is 7.11 Å². The number of methoxy groups -OCH3 is 1. The fourth-order valence-electron chi connectivity index (χ4n) is 3.14. The van der Waals surface area contributed by atoms with Gasteiger partial charge in [0.2, 0.25) is 0 Å². The molecule has 30 heavy (non-hydrogen) atoms. The van der Waals surface area contributed by atoms with Gasteiger partial charge in [-0.15, -0.1) is 0 Å². The first-order valence-electron chi connectivity index (χ1n) is 9.30. The number of rotatable bonds is 7. The van der Waals surface area contributed by atoms with Gasteiger partial charge in [-0.25, -0.2) is 4.79 Å². The molecule has 0 heterocycles. The van der Waals surface area contributed by atoms with E-state index in [2.05, 4.69) is 5.32 Å². The van der Waals surface area contributed by atoms with Crippen LogP contribution in [0.4, 0.5) is 0 Å². The second-order valence-electron chi connectivity index (χ2n) is 6.64. The molecule has 0 aliphatic heterocycles. The fraction of sp³-hybridized carbons (Fsp3) is 0.125. The van der Waals surface area contributed by atoms with E-state index < -0.39 is 17.9 Å². The van der Waals surface area contributed by atoms with Crippen molar-refractivity contribution < 1.29 is 19.1 Å². The number of ether oxygens (including phenoxy) is 1. The van der Waals surface area contributed by atoms with Crippen LogP contribution in [0, 0.1) is 0 Å². The minimum atomic E-state index is -0.869. The summed E-state index contributed by atoms with van der Waals surface area (Å²) < 4.78 is 4.85. The molecular formula is C24H20ClNO4. The Morgan fingerprint density at radius 2 is 1.67 bits per heavy atom. The van der Waals surface area contributed by atoms with Gasteiger partial charge in [-0.3, -0.25) is 9.59 Å². The molecule has 0 saturated heterocycles. The smallest absolute Gasteiger partial charge is 0.328 e. The van der Waals surface area contributed by atoms with Crippen LogP contribution in [0.3, 0.4) is 0 Å². The van der Waals surface area contributed by atoms with Crippen LogP contribution in [0.1, 0.15) is 26.3 Å². The molecule has 0 aromatic heterocycles. The average molecular weight is 422 g/mol. The maximum atomic E-state index is 12.6. The standard InChI is InChI=1S/C24H20ClNO4/c1-30-24(29)22(26-23(28)20-8-4-5-9-21(20)25)14-16-10-12-17(13-11-16)19-7-3-2-6-18(19)15-27/h2-13,15,22H,14H2,1H3,(H,26,28). The Kier molecular flexibility index (Phi) is 6.99. The molecule has 0 radical (unpaired) electrons. The van der Waals surface area contributed by atoms with Crippen LogP contribution >= 0.6 is 11.6 Å². The monoisotopic (exact) mass is 421 g/mol. The average Bonchev–Trinajstić information content (AvgIpc) is 2.78. The van der Waals surface area contributed by atoms with Crippen molar-refractivity contribution in [1.82, 2.24) is 5.32 Å². The zero-order valence-electron chi connectivity index (χ0n) is 16.3. The lowest BCUT2D eigenvalue weighted by atomic mass is 9.97. The van der Waals surface area contributed by atoms with Crippen molar-refractivity contribution in [1.29, 1.82) is 0 Å². The van der Waals surface area contributed by atoms with Crippen molar-refractivity contribution >= 4 is 29.8 Å². The summed E-state index contributed by atoms with van der Waals surface area (Å²) in [6.07, 6.45) is 1.07. The van der Waals surface area contributed by atoms with Crippen molar-refractivity contribution in [2.24, 2.45) is 0 Å². The molecule has 0 bridgehead atoms. The molecule has 1 N–H and O–H groups in total. The van der Waals surface area contributed by atoms with E-state index in [9.17, 15) is 14.4 Å². The molecule has 1 atom stereocenters. The predicted octanol–water partition coefficient (Wildman–Crippen LogP) is 4.33. The summed E-state index contributed by atoms with van der Waals surface area (Å²) in [5.41, 5.74) is 3.43. The lowest BCUT2D eigenvalue weighted by Gasteiger charge is -2.17. The minimum absolute atomic E-state index is 0.248. The molecule has 0 aliphatic carbocycles. The third-order valence-corrected chi connectivity index (χ3v) is 5.03. The summed E-state index contributed by atoms with van der Waals surface area (Å²) in [4.78, 5) is 36.1. The van der Waals surface area contributed by atoms with E-state index in [1.807, 2.05) is 42.5 Å². The number of aldehydes is 1. The number of hydrogen-bond donors (Lipinski definition) is 1. The van der Waals surface area contributed by atoms with Crippen LogP contribution in [0.15, 0.2) is 72.8 Å². The summed E-state index contributed by atoms with van der Waals surface area (Å²) in [7, 11) is 1.27. The summed E-state index contributed by atoms with van der Waals surface area (Å²) in [6, 6.07) is 20.5. The van der Waals surface area contributed by atoms with E-state index in [1.165, 1.54) is 7.11 Å². The zero-order valence-corrected chi connectivity index (χ0v) is 17.1. The van der Waals surface area contributed by atoms with Crippen molar-refractivity contribution in [3.05, 3.63) is 94.5 Å². The van der Waals surface area contributed by atoms with Gasteiger partial charge in [0, 0.05) is 12.0 Å². The predicted molar refractivity (Wildman–Crippen MR) is 116 cm³/mol. The van der Waals surface area contributed by atoms with Gasteiger partial charge < -0.3 is 10.1 Å². The van der Waals surface area contributed by atoms with Gasteiger partial charge in [0.25, 0.3) is 5.91 Å². The largest absolute Gasteiger partial charge is 0.467 e. The number of carbonyl (C=O) groups excluding carboxylic acids is 3. The van der Waals surface area contributed by atoms with Gasteiger partial charge in [0.1, 0.15) is 6.04 Å². The Morgan fingerprint density at radius 3 is 2.33 bits per heavy atom. The number of carbonyl (C=O) groups is 3. The third-order valence-electron chi connectivity index (χ3n) is 4.70. The van der Waals surface area contributed by atoms with Crippen LogP contribution in [0.5, 0.6) is 0 Å². The summed E-state index contributed by atoms with van der Waals surface area (Å²) in [6.45, 7) is 0. The molecule has 6 heteroatoms. The van der Waals surface area contributed by atoms with Crippen LogP contribution in [0.25, 0.3) is 11.1 Å². The highest BCUT2D eigenvalue weighted by atomic mass is 35.5. The number of esters is 1. The van der Waals surface area contributed by atoms with Crippen molar-refractivity contribution in [3.63, 3.8) is 0 Å². The van der Waals surface area contributed by atoms with Gasteiger partial charge in [-0.1, -0.05) is 72.3 Å². The first-order chi connectivity index (χ1) is 14.5. The van der Waals surface area contributed by atoms with E-state index >= 15 is 0 Å². The maximum absolute atomic E-state index is 12.6. The maximum Gasteiger partial charge on any atom is 0.328 e. The first kappa shape index (κ1) is 21.3. The lowest BCUT2D eigenvalue weighted by Crippen LogP contribution is -2.43. The molecule has 0 aliphatic rings. The zero-order chi connectivity index (χ0) is 21.5. The van der Waals surface area contributed by atoms with Crippen molar-refractivity contribution in [3.8, 4) is 11.1 Å². The molecule has 5 nitrogen and oxygen atoms in total. The number of halogens is 1. The topological polar surface area (TPSA) is 72.5 Å². The Hall–Kier alpha value is -3.44. The molecular weight excluding hydrogens is 402 g/mol. The van der Waals surface area contributed by atoms with Crippen LogP contribution in [0.2, 0.25) is 5.02 Å². The lowest BCUT2D eigenvalue weighted by molar-refractivity contribution is -0.142. The van der Waals surface area contributed by atoms with E-state index in [4.69, 9.17) is 16.3 Å². The normalized spacial score (nSPS) is 11.4. The van der Waals surface area contributed by atoms with Gasteiger partial charge >= 0.3 is 5.97 Å². The van der Waals surface area contributed by atoms with Crippen LogP contribution < -0.4 is 5.32 Å². The highest BCUT2D eigenvalue weighted by Gasteiger charge is 2.23. The van der Waals surface area contributed by atoms with Gasteiger partial charge in [0.05, 0.1) is 17.7 Å². The van der Waals surface area contributed by atoms with Crippen molar-refractivity contribution in [2.45, 2.75) is 12.5 Å². The molecule has 0 saturated carbocycles. The number of hydrogen-bond acceptors (Lipinski definition) is 4. The van der Waals surface area contributed by atoms with Crippen LogP contribution in [-0.4, -0.2) is 31.3 Å². The fourth-order valence-corrected chi connectivity index (χ4v) is 3.36. The third kappa shape index (κ3) is 4.93. The number of benzene rings is 3. The Morgan fingerprint density at radius 1 is 1.00 bits per heavy atom. The molecule has 1 amide bonds. The Balaban J connectivity index is 1.78. The first-order valence-corrected chi connectivity index (χ1v) is 9.68. The quantitative estimate of drug-likeness (QED) is 0.455. The molecule has 0 spiro atoms. The van der Waals surface area contributed by atoms with Gasteiger partial charge in [-0.05, 0) is 28.8 Å². The van der Waals surface area contributed by atoms with E-state index in [0.29, 0.717) is 10.6 Å². The molecule has 3 aromatic rings. The van der Waals surface area contributed by atoms with Gasteiger partial charge in [-0.2, -0.15) is 0 Å². The molecule has 3 aromatic carbocycles. The van der Waals surface area contributed by atoms with E-state index in [1.54, 1.807) is 30.3 Å². The SMILES string of the molecule is COC(=O)C(Cc1ccc(-c2ccccc2C=O)cc1)NC(=O)c1ccccc1Cl. The molecule has 3 rings (SSSR count). The summed E-state index contributed by atoms with van der Waals surface area (Å²) >= 11 is 6.07. The molecule has 0 fully saturated rings. The summed E-state index contributed by atoms with van der Waals surface area (Å²) in [5.74, 6) is -1.00. The highest BCUT2D eigenvalue weighted by molar-refractivity contribution is 6.33.